The van der Waals surface area contributed by atoms with Gasteiger partial charge in [0.15, 0.2) is 0 Å². The van der Waals surface area contributed by atoms with E-state index in [1.807, 2.05) is 38.2 Å². The molecule has 2 atom stereocenters. The molecule has 1 aromatic heterocycles. The van der Waals surface area contributed by atoms with E-state index in [1.54, 1.807) is 4.90 Å². The second-order valence-corrected chi connectivity index (χ2v) is 7.03. The van der Waals surface area contributed by atoms with Crippen LogP contribution in [-0.4, -0.2) is 76.9 Å². The van der Waals surface area contributed by atoms with Gasteiger partial charge in [-0.15, -0.1) is 0 Å². The molecule has 2 fully saturated rings. The van der Waals surface area contributed by atoms with Crippen molar-refractivity contribution in [3.8, 4) is 0 Å². The standard InChI is InChI=1S/C19H25N3O3/c1-13-18(14-5-3-4-6-15(14)20(13)2)19(24)22-11-16(17(23)12-22)21-7-9-25-10-8-21/h3-6,16-17,23H,7-12H2,1-2H3/t16-,17-/m1/s1. The molecule has 0 bridgehead atoms. The summed E-state index contributed by atoms with van der Waals surface area (Å²) in [5.41, 5.74) is 2.79. The quantitative estimate of drug-likeness (QED) is 0.884. The number of benzene rings is 1. The molecule has 134 valence electrons. The van der Waals surface area contributed by atoms with Gasteiger partial charge in [-0.2, -0.15) is 0 Å². The summed E-state index contributed by atoms with van der Waals surface area (Å²) in [6, 6.07) is 8.00. The molecule has 25 heavy (non-hydrogen) atoms. The number of aryl methyl sites for hydroxylation is 1. The highest BCUT2D eigenvalue weighted by molar-refractivity contribution is 6.08. The lowest BCUT2D eigenvalue weighted by Crippen LogP contribution is -2.49. The monoisotopic (exact) mass is 343 g/mol. The number of amides is 1. The maximum atomic E-state index is 13.2. The van der Waals surface area contributed by atoms with Crippen LogP contribution in [0.3, 0.4) is 0 Å². The van der Waals surface area contributed by atoms with Crippen molar-refractivity contribution in [3.05, 3.63) is 35.5 Å². The lowest BCUT2D eigenvalue weighted by atomic mass is 10.1. The molecule has 2 aliphatic rings. The maximum Gasteiger partial charge on any atom is 0.256 e. The number of hydrogen-bond donors (Lipinski definition) is 1. The van der Waals surface area contributed by atoms with Crippen LogP contribution in [0.2, 0.25) is 0 Å². The van der Waals surface area contributed by atoms with Gasteiger partial charge < -0.3 is 19.3 Å². The molecular weight excluding hydrogens is 318 g/mol. The summed E-state index contributed by atoms with van der Waals surface area (Å²) >= 11 is 0. The van der Waals surface area contributed by atoms with E-state index < -0.39 is 6.10 Å². The molecule has 0 radical (unpaired) electrons. The Hall–Kier alpha value is -1.89. The Morgan fingerprint density at radius 2 is 1.92 bits per heavy atom. The molecule has 2 aromatic rings. The number of aromatic nitrogens is 1. The van der Waals surface area contributed by atoms with E-state index in [9.17, 15) is 9.90 Å². The largest absolute Gasteiger partial charge is 0.390 e. The van der Waals surface area contributed by atoms with Crippen molar-refractivity contribution in [1.29, 1.82) is 0 Å². The summed E-state index contributed by atoms with van der Waals surface area (Å²) in [6.45, 7) is 5.97. The number of ether oxygens (including phenoxy) is 1. The molecule has 1 amide bonds. The Morgan fingerprint density at radius 3 is 2.68 bits per heavy atom. The molecule has 3 heterocycles. The Morgan fingerprint density at radius 1 is 1.20 bits per heavy atom. The van der Waals surface area contributed by atoms with Crippen molar-refractivity contribution in [2.75, 3.05) is 39.4 Å². The van der Waals surface area contributed by atoms with Gasteiger partial charge in [0.2, 0.25) is 0 Å². The van der Waals surface area contributed by atoms with Crippen LogP contribution >= 0.6 is 0 Å². The fourth-order valence-electron chi connectivity index (χ4n) is 4.15. The van der Waals surface area contributed by atoms with E-state index >= 15 is 0 Å². The van der Waals surface area contributed by atoms with Gasteiger partial charge in [-0.05, 0) is 13.0 Å². The zero-order chi connectivity index (χ0) is 17.6. The Kier molecular flexibility index (Phi) is 4.27. The number of rotatable bonds is 2. The SMILES string of the molecule is Cc1c(C(=O)N2C[C@@H](O)[C@H](N3CCOCC3)C2)c2ccccc2n1C. The number of hydrogen-bond acceptors (Lipinski definition) is 4. The Bertz CT molecular complexity index is 795. The molecule has 6 heteroatoms. The van der Waals surface area contributed by atoms with Gasteiger partial charge in [0.25, 0.3) is 5.91 Å². The van der Waals surface area contributed by atoms with Gasteiger partial charge in [-0.1, -0.05) is 18.2 Å². The molecular formula is C19H25N3O3. The average Bonchev–Trinajstić information content (AvgIpc) is 3.14. The normalized spacial score (nSPS) is 25.0. The van der Waals surface area contributed by atoms with Crippen LogP contribution in [0.1, 0.15) is 16.1 Å². The van der Waals surface area contributed by atoms with Crippen LogP contribution in [0.15, 0.2) is 24.3 Å². The lowest BCUT2D eigenvalue weighted by Gasteiger charge is -2.33. The fourth-order valence-corrected chi connectivity index (χ4v) is 4.15. The van der Waals surface area contributed by atoms with Crippen LogP contribution in [0.25, 0.3) is 10.9 Å². The van der Waals surface area contributed by atoms with Gasteiger partial charge in [0.1, 0.15) is 0 Å². The number of carbonyl (C=O) groups excluding carboxylic acids is 1. The van der Waals surface area contributed by atoms with Crippen molar-refractivity contribution >= 4 is 16.8 Å². The first-order valence-corrected chi connectivity index (χ1v) is 8.91. The zero-order valence-corrected chi connectivity index (χ0v) is 14.8. The molecule has 1 N–H and O–H groups in total. The number of likely N-dealkylation sites (tertiary alicyclic amines) is 1. The predicted octanol–water partition coefficient (Wildman–Crippen LogP) is 1.00. The van der Waals surface area contributed by atoms with Gasteiger partial charge in [-0.3, -0.25) is 9.69 Å². The highest BCUT2D eigenvalue weighted by Crippen LogP contribution is 2.28. The number of β-amino-alcohol motifs (C(OH)–C–C–N with tert-alkyl or cyclic N) is 1. The topological polar surface area (TPSA) is 57.9 Å². The number of morpholine rings is 1. The van der Waals surface area contributed by atoms with E-state index in [4.69, 9.17) is 4.74 Å². The van der Waals surface area contributed by atoms with Gasteiger partial charge in [0, 0.05) is 49.8 Å². The van der Waals surface area contributed by atoms with Crippen molar-refractivity contribution in [3.63, 3.8) is 0 Å². The zero-order valence-electron chi connectivity index (χ0n) is 14.8. The van der Waals surface area contributed by atoms with E-state index in [0.29, 0.717) is 26.3 Å². The maximum absolute atomic E-state index is 13.2. The molecule has 1 aromatic carbocycles. The van der Waals surface area contributed by atoms with E-state index in [2.05, 4.69) is 9.47 Å². The van der Waals surface area contributed by atoms with Crippen LogP contribution in [0.5, 0.6) is 0 Å². The number of fused-ring (bicyclic) bond motifs is 1. The molecule has 0 unspecified atom stereocenters. The smallest absolute Gasteiger partial charge is 0.256 e. The summed E-state index contributed by atoms with van der Waals surface area (Å²) in [5.74, 6) is 0.0177. The first kappa shape index (κ1) is 16.6. The first-order valence-electron chi connectivity index (χ1n) is 8.91. The third-order valence-corrected chi connectivity index (χ3v) is 5.67. The average molecular weight is 343 g/mol. The van der Waals surface area contributed by atoms with Crippen molar-refractivity contribution in [1.82, 2.24) is 14.4 Å². The molecule has 4 rings (SSSR count). The minimum atomic E-state index is -0.502. The van der Waals surface area contributed by atoms with Crippen molar-refractivity contribution in [2.24, 2.45) is 7.05 Å². The van der Waals surface area contributed by atoms with Crippen molar-refractivity contribution < 1.29 is 14.6 Å². The van der Waals surface area contributed by atoms with Crippen LogP contribution < -0.4 is 0 Å². The number of nitrogens with zero attached hydrogens (tertiary/aromatic N) is 3. The molecule has 0 saturated carbocycles. The summed E-state index contributed by atoms with van der Waals surface area (Å²) in [5, 5.41) is 11.5. The summed E-state index contributed by atoms with van der Waals surface area (Å²) in [6.07, 6.45) is -0.502. The van der Waals surface area contributed by atoms with Gasteiger partial charge in [-0.25, -0.2) is 0 Å². The molecule has 2 aliphatic heterocycles. The second-order valence-electron chi connectivity index (χ2n) is 7.03. The second kappa shape index (κ2) is 6.44. The highest BCUT2D eigenvalue weighted by atomic mass is 16.5. The summed E-state index contributed by atoms with van der Waals surface area (Å²) in [4.78, 5) is 17.3. The van der Waals surface area contributed by atoms with Crippen LogP contribution in [0.4, 0.5) is 0 Å². The number of aliphatic hydroxyl groups is 1. The van der Waals surface area contributed by atoms with E-state index in [0.717, 1.165) is 35.2 Å². The Labute approximate surface area is 147 Å². The van der Waals surface area contributed by atoms with Gasteiger partial charge >= 0.3 is 0 Å². The highest BCUT2D eigenvalue weighted by Gasteiger charge is 2.39. The van der Waals surface area contributed by atoms with Crippen LogP contribution in [0, 0.1) is 6.92 Å². The third kappa shape index (κ3) is 2.74. The molecule has 0 aliphatic carbocycles. The summed E-state index contributed by atoms with van der Waals surface area (Å²) in [7, 11) is 1.99. The predicted molar refractivity (Wildman–Crippen MR) is 95.7 cm³/mol. The van der Waals surface area contributed by atoms with E-state index in [-0.39, 0.29) is 11.9 Å². The molecule has 0 spiro atoms. The van der Waals surface area contributed by atoms with Gasteiger partial charge in [0.05, 0.1) is 30.9 Å². The number of aliphatic hydroxyl groups excluding tert-OH is 1. The minimum absolute atomic E-state index is 0.00290. The lowest BCUT2D eigenvalue weighted by molar-refractivity contribution is -0.00611. The van der Waals surface area contributed by atoms with E-state index in [1.165, 1.54) is 0 Å². The first-order chi connectivity index (χ1) is 12.1. The minimum Gasteiger partial charge on any atom is -0.390 e. The van der Waals surface area contributed by atoms with Crippen LogP contribution in [-0.2, 0) is 11.8 Å². The molecule has 2 saturated heterocycles. The Balaban J connectivity index is 1.61. The number of carbonyl (C=O) groups is 1. The fraction of sp³-hybridized carbons (Fsp3) is 0.526. The molecule has 6 nitrogen and oxygen atoms in total. The third-order valence-electron chi connectivity index (χ3n) is 5.67. The number of para-hydroxylation sites is 1. The van der Waals surface area contributed by atoms with Crippen molar-refractivity contribution in [2.45, 2.75) is 19.1 Å². The summed E-state index contributed by atoms with van der Waals surface area (Å²) < 4.78 is 7.46.